The Morgan fingerprint density at radius 2 is 1.47 bits per heavy atom. The second kappa shape index (κ2) is 27.7. The molecule has 20 heteroatoms. The lowest BCUT2D eigenvalue weighted by molar-refractivity contribution is -0.164. The van der Waals surface area contributed by atoms with Gasteiger partial charge in [0.1, 0.15) is 30.0 Å². The highest BCUT2D eigenvalue weighted by atomic mass is 35.5. The van der Waals surface area contributed by atoms with Gasteiger partial charge in [-0.25, -0.2) is 4.98 Å². The molecule has 2 aromatic carbocycles. The molecule has 434 valence electrons. The molecule has 4 fully saturated rings. The summed E-state index contributed by atoms with van der Waals surface area (Å²) in [7, 11) is 0. The molecule has 2 saturated heterocycles. The maximum atomic E-state index is 14.4. The lowest BCUT2D eigenvalue weighted by Gasteiger charge is -2.63. The lowest BCUT2D eigenvalue weighted by atomic mass is 9.49. The number of aromatic nitrogens is 1. The van der Waals surface area contributed by atoms with Crippen molar-refractivity contribution in [2.45, 2.75) is 137 Å². The first-order valence-electron chi connectivity index (χ1n) is 28.1. The number of nitrogens with zero attached hydrogens (tertiary/aromatic N) is 5. The molecule has 7 rings (SSSR count). The number of nitriles is 1. The topological polar surface area (TPSA) is 217 Å². The van der Waals surface area contributed by atoms with E-state index in [1.807, 2.05) is 62.4 Å². The van der Waals surface area contributed by atoms with Crippen molar-refractivity contribution < 1.29 is 48.0 Å². The molecular formula is C59H85ClN8O10S. The number of rotatable bonds is 13. The van der Waals surface area contributed by atoms with Crippen LogP contribution in [0.1, 0.15) is 120 Å². The van der Waals surface area contributed by atoms with Gasteiger partial charge >= 0.3 is 0 Å². The molecular weight excluding hydrogens is 1050 g/mol. The van der Waals surface area contributed by atoms with Gasteiger partial charge in [0, 0.05) is 84.3 Å². The number of hydrogen-bond donors (Lipinski definition) is 4. The van der Waals surface area contributed by atoms with E-state index in [1.54, 1.807) is 29.5 Å². The van der Waals surface area contributed by atoms with Crippen LogP contribution in [0.15, 0.2) is 48.0 Å². The average Bonchev–Trinajstić information content (AvgIpc) is 4.11. The van der Waals surface area contributed by atoms with E-state index in [4.69, 9.17) is 35.3 Å². The van der Waals surface area contributed by atoms with Gasteiger partial charge in [-0.3, -0.25) is 24.1 Å². The van der Waals surface area contributed by atoms with Crippen LogP contribution >= 0.6 is 22.9 Å². The van der Waals surface area contributed by atoms with E-state index in [0.717, 1.165) is 37.1 Å². The van der Waals surface area contributed by atoms with E-state index in [9.17, 15) is 29.5 Å². The highest BCUT2D eigenvalue weighted by molar-refractivity contribution is 7.09. The summed E-state index contributed by atoms with van der Waals surface area (Å²) in [5, 5.41) is 29.9. The molecule has 0 bridgehead atoms. The molecule has 3 aromatic rings. The van der Waals surface area contributed by atoms with Gasteiger partial charge in [0.15, 0.2) is 0 Å². The van der Waals surface area contributed by atoms with E-state index in [0.29, 0.717) is 113 Å². The number of nitrogens with one attached hydrogen (secondary N) is 3. The first-order chi connectivity index (χ1) is 37.6. The fourth-order valence-electron chi connectivity index (χ4n) is 12.2. The Balaban J connectivity index is 0.857. The van der Waals surface area contributed by atoms with Gasteiger partial charge in [0.25, 0.3) is 5.91 Å². The third kappa shape index (κ3) is 16.0. The van der Waals surface area contributed by atoms with Crippen molar-refractivity contribution in [2.75, 3.05) is 97.0 Å². The predicted octanol–water partition coefficient (Wildman–Crippen LogP) is 6.75. The number of hydrogen-bond acceptors (Lipinski definition) is 15. The molecule has 2 saturated carbocycles. The Hall–Kier alpha value is -4.91. The first-order valence-corrected chi connectivity index (χ1v) is 29.4. The van der Waals surface area contributed by atoms with Crippen LogP contribution in [0.5, 0.6) is 5.75 Å². The maximum absolute atomic E-state index is 14.4. The number of ether oxygens (including phenoxy) is 5. The van der Waals surface area contributed by atoms with Crippen LogP contribution < -0.4 is 25.6 Å². The summed E-state index contributed by atoms with van der Waals surface area (Å²) in [4.78, 5) is 67.2. The smallest absolute Gasteiger partial charge is 0.251 e. The number of halogens is 1. The number of aryl methyl sites for hydroxylation is 1. The van der Waals surface area contributed by atoms with E-state index in [1.165, 1.54) is 9.78 Å². The Bertz CT molecular complexity index is 2520. The molecule has 4 amide bonds. The van der Waals surface area contributed by atoms with Gasteiger partial charge in [0.2, 0.25) is 17.7 Å². The van der Waals surface area contributed by atoms with Crippen molar-refractivity contribution in [1.82, 2.24) is 30.7 Å². The summed E-state index contributed by atoms with van der Waals surface area (Å²) >= 11 is 8.01. The molecule has 18 nitrogen and oxygen atoms in total. The van der Waals surface area contributed by atoms with E-state index < -0.39 is 40.3 Å². The quantitative estimate of drug-likeness (QED) is 0.139. The Kier molecular flexibility index (Phi) is 21.6. The van der Waals surface area contributed by atoms with E-state index in [2.05, 4.69) is 66.5 Å². The van der Waals surface area contributed by atoms with Gasteiger partial charge in [0.05, 0.1) is 87.3 Å². The molecule has 1 aromatic heterocycles. The third-order valence-corrected chi connectivity index (χ3v) is 17.8. The van der Waals surface area contributed by atoms with Gasteiger partial charge < -0.3 is 54.5 Å². The summed E-state index contributed by atoms with van der Waals surface area (Å²) in [5.41, 5.74) is 3.35. The minimum atomic E-state index is -0.953. The summed E-state index contributed by atoms with van der Waals surface area (Å²) in [6.07, 6.45) is 3.10. The van der Waals surface area contributed by atoms with Gasteiger partial charge in [-0.05, 0) is 93.2 Å². The Morgan fingerprint density at radius 1 is 0.873 bits per heavy atom. The van der Waals surface area contributed by atoms with Crippen molar-refractivity contribution in [3.63, 3.8) is 0 Å². The zero-order chi connectivity index (χ0) is 57.1. The minimum Gasteiger partial charge on any atom is -0.489 e. The molecule has 4 aliphatic rings. The van der Waals surface area contributed by atoms with Crippen LogP contribution in [0.25, 0.3) is 0 Å². The van der Waals surface area contributed by atoms with E-state index >= 15 is 0 Å². The van der Waals surface area contributed by atoms with E-state index in [-0.39, 0.29) is 55.4 Å². The number of thiazole rings is 1. The van der Waals surface area contributed by atoms with Crippen molar-refractivity contribution in [3.05, 3.63) is 74.7 Å². The molecule has 3 heterocycles. The maximum Gasteiger partial charge on any atom is 0.251 e. The number of anilines is 1. The summed E-state index contributed by atoms with van der Waals surface area (Å²) < 4.78 is 30.4. The standard InChI is InChI=1S/C59H85ClN8O10S/c1-38(40-10-12-41(13-11-40)50-39(2)62-37-79-50)63-53(72)48-32-45(69)35-68(48)54(73)51(57(3,4)5)64-49(70)36-66-20-24-74-28-30-76-26-22-67(23-27-77-31-29-75-25-21-66)44-17-14-42(15-18-44)52(71)65-55-58(6,7)56(59(55,8)9)78-46-19-16-43(34-61)47(60)33-46/h14-19,33,37-38,40-41,45,48,51,55-56,69H,10-13,20-32,35-36H2,1-9H3,(H,63,72)(H,64,70)(H,65,71)/t38-,40?,41?,45+,48+,51?,55-,56-/m0/s1. The normalized spacial score (nSPS) is 25.5. The predicted molar refractivity (Wildman–Crippen MR) is 304 cm³/mol. The molecule has 2 aliphatic carbocycles. The number of carbonyl (C=O) groups excluding carboxylic acids is 4. The molecule has 2 aliphatic heterocycles. The van der Waals surface area contributed by atoms with Crippen molar-refractivity contribution in [1.29, 1.82) is 5.26 Å². The number of carbonyl (C=O) groups is 4. The zero-order valence-corrected chi connectivity index (χ0v) is 49.4. The van der Waals surface area contributed by atoms with Crippen molar-refractivity contribution in [2.24, 2.45) is 22.2 Å². The molecule has 1 unspecified atom stereocenters. The number of amides is 4. The van der Waals surface area contributed by atoms with Crippen LogP contribution in [-0.4, -0.2) is 172 Å². The van der Waals surface area contributed by atoms with Gasteiger partial charge in [-0.1, -0.05) is 60.1 Å². The number of likely N-dealkylation sites (tertiary alicyclic amines) is 1. The van der Waals surface area contributed by atoms with Crippen LogP contribution in [0.2, 0.25) is 5.02 Å². The fourth-order valence-corrected chi connectivity index (χ4v) is 13.4. The lowest BCUT2D eigenvalue weighted by Crippen LogP contribution is -2.74. The van der Waals surface area contributed by atoms with Gasteiger partial charge in [-0.2, -0.15) is 5.26 Å². The molecule has 0 spiro atoms. The number of aliphatic hydroxyl groups is 1. The van der Waals surface area contributed by atoms with Crippen molar-refractivity contribution in [3.8, 4) is 11.8 Å². The minimum absolute atomic E-state index is 0.00792. The highest BCUT2D eigenvalue weighted by Gasteiger charge is 2.64. The molecule has 79 heavy (non-hydrogen) atoms. The number of aliphatic hydroxyl groups excluding tert-OH is 1. The largest absolute Gasteiger partial charge is 0.489 e. The first kappa shape index (κ1) is 61.7. The zero-order valence-electron chi connectivity index (χ0n) is 47.8. The fraction of sp³-hybridized carbons (Fsp3) is 0.661. The average molecular weight is 1130 g/mol. The second-order valence-electron chi connectivity index (χ2n) is 24.0. The molecule has 4 atom stereocenters. The number of β-amino-alcohol motifs (C(OH)–C–C–N with tert-alkyl or cyclic N) is 1. The van der Waals surface area contributed by atoms with Crippen LogP contribution in [0, 0.1) is 40.4 Å². The van der Waals surface area contributed by atoms with Gasteiger partial charge in [-0.15, -0.1) is 11.3 Å². The summed E-state index contributed by atoms with van der Waals surface area (Å²) in [5.74, 6) is 0.174. The van der Waals surface area contributed by atoms with Crippen LogP contribution in [0.3, 0.4) is 0 Å². The second-order valence-corrected chi connectivity index (χ2v) is 25.3. The third-order valence-electron chi connectivity index (χ3n) is 16.4. The summed E-state index contributed by atoms with van der Waals surface area (Å²) in [6.45, 7) is 23.0. The Morgan fingerprint density at radius 3 is 2.01 bits per heavy atom. The Labute approximate surface area is 476 Å². The summed E-state index contributed by atoms with van der Waals surface area (Å²) in [6, 6.07) is 12.6. The SMILES string of the molecule is Cc1ncsc1C1CCC([C@H](C)NC(=O)[C@H]2C[C@@H](O)CN2C(=O)C(NC(=O)CN2CCOCCOCCN(c3ccc(C(=O)N[C@H]4C(C)(C)[C@H](Oc5ccc(C#N)c(Cl)c5)C4(C)C)cc3)CCOCCOCC2)C(C)(C)C)CC1. The molecule has 0 radical (unpaired) electrons. The number of benzene rings is 2. The van der Waals surface area contributed by atoms with Crippen LogP contribution in [0.4, 0.5) is 5.69 Å². The monoisotopic (exact) mass is 1130 g/mol. The molecule has 4 N–H and O–H groups in total. The van der Waals surface area contributed by atoms with Crippen LogP contribution in [-0.2, 0) is 33.3 Å². The van der Waals surface area contributed by atoms with Crippen molar-refractivity contribution >= 4 is 52.3 Å². The highest BCUT2D eigenvalue weighted by Crippen LogP contribution is 2.55.